The number of ether oxygens (including phenoxy) is 2. The minimum absolute atomic E-state index is 0.180. The number of fused-ring (bicyclic) bond motifs is 4. The zero-order valence-electron chi connectivity index (χ0n) is 28.0. The van der Waals surface area contributed by atoms with Gasteiger partial charge in [-0.2, -0.15) is 8.42 Å². The van der Waals surface area contributed by atoms with E-state index in [1.807, 2.05) is 0 Å². The highest BCUT2D eigenvalue weighted by Gasteiger charge is 2.37. The van der Waals surface area contributed by atoms with Gasteiger partial charge in [-0.25, -0.2) is 22.5 Å². The number of hydrogen-bond donors (Lipinski definition) is 2. The van der Waals surface area contributed by atoms with E-state index < -0.39 is 31.0 Å². The lowest BCUT2D eigenvalue weighted by atomic mass is 9.82. The molecule has 0 aliphatic carbocycles. The molecule has 0 saturated carbocycles. The van der Waals surface area contributed by atoms with Gasteiger partial charge in [0, 0.05) is 76.8 Å². The van der Waals surface area contributed by atoms with Crippen molar-refractivity contribution >= 4 is 37.4 Å². The Morgan fingerprint density at radius 2 is 1.66 bits per heavy atom. The van der Waals surface area contributed by atoms with Crippen LogP contribution in [0.15, 0.2) is 52.3 Å². The van der Waals surface area contributed by atoms with Crippen LogP contribution in [0.2, 0.25) is 0 Å². The SMILES string of the molecule is C=C(C)C(=O)OCCNS(=O)(=O)c1ccc(C2=c3cc4c5c(c3Oc3c2cc2c6c3CCCN6CCC2)CCC[N+]=5CCC4)c(S(=O)(=O)O)c1. The fourth-order valence-corrected chi connectivity index (χ4v) is 10.3. The van der Waals surface area contributed by atoms with Gasteiger partial charge >= 0.3 is 5.97 Å². The van der Waals surface area contributed by atoms with Gasteiger partial charge in [0.25, 0.3) is 10.1 Å². The van der Waals surface area contributed by atoms with Gasteiger partial charge in [0.2, 0.25) is 15.4 Å². The minimum atomic E-state index is -4.93. The number of benzene rings is 3. The van der Waals surface area contributed by atoms with Crippen LogP contribution in [0.1, 0.15) is 66.0 Å². The summed E-state index contributed by atoms with van der Waals surface area (Å²) in [4.78, 5) is 13.3. The van der Waals surface area contributed by atoms with Gasteiger partial charge in [0.05, 0.1) is 10.5 Å². The van der Waals surface area contributed by atoms with Crippen molar-refractivity contribution in [3.63, 3.8) is 0 Å². The number of anilines is 1. The van der Waals surface area contributed by atoms with E-state index >= 15 is 0 Å². The molecule has 5 aliphatic heterocycles. The molecule has 13 heteroatoms. The Hall–Kier alpha value is -4.04. The number of rotatable bonds is 8. The van der Waals surface area contributed by atoms with E-state index in [0.29, 0.717) is 17.1 Å². The summed E-state index contributed by atoms with van der Waals surface area (Å²) >= 11 is 0. The average molecular weight is 719 g/mol. The third-order valence-corrected chi connectivity index (χ3v) is 12.8. The van der Waals surface area contributed by atoms with E-state index in [1.54, 1.807) is 0 Å². The van der Waals surface area contributed by atoms with Crippen molar-refractivity contribution in [2.24, 2.45) is 0 Å². The first kappa shape index (κ1) is 33.1. The first-order valence-corrected chi connectivity index (χ1v) is 20.2. The van der Waals surface area contributed by atoms with Gasteiger partial charge in [-0.3, -0.25) is 4.55 Å². The van der Waals surface area contributed by atoms with Crippen LogP contribution < -0.4 is 29.5 Å². The fraction of sp³-hybridized carbons (Fsp3) is 0.405. The van der Waals surface area contributed by atoms with Gasteiger partial charge in [-0.1, -0.05) is 12.6 Å². The molecule has 0 amide bonds. The highest BCUT2D eigenvalue weighted by Crippen LogP contribution is 2.49. The van der Waals surface area contributed by atoms with Crippen molar-refractivity contribution in [2.45, 2.75) is 68.1 Å². The molecule has 8 rings (SSSR count). The third-order valence-electron chi connectivity index (χ3n) is 10.5. The van der Waals surface area contributed by atoms with Gasteiger partial charge < -0.3 is 14.4 Å². The molecule has 0 fully saturated rings. The summed E-state index contributed by atoms with van der Waals surface area (Å²) < 4.78 is 80.7. The lowest BCUT2D eigenvalue weighted by molar-refractivity contribution is -0.138. The number of sulfonamides is 1. The zero-order chi connectivity index (χ0) is 34.9. The second-order valence-electron chi connectivity index (χ2n) is 13.8. The summed E-state index contributed by atoms with van der Waals surface area (Å²) in [5.74, 6) is 0.777. The van der Waals surface area contributed by atoms with Crippen LogP contribution in [-0.4, -0.2) is 66.7 Å². The summed E-state index contributed by atoms with van der Waals surface area (Å²) in [7, 11) is -9.18. The van der Waals surface area contributed by atoms with Gasteiger partial charge in [-0.05, 0) is 75.3 Å². The van der Waals surface area contributed by atoms with Gasteiger partial charge in [0.1, 0.15) is 36.1 Å². The maximum atomic E-state index is 13.4. The number of carbonyl (C=O) groups excluding carboxylic acids is 1. The molecular formula is C37H40N3O8S2+. The van der Waals surface area contributed by atoms with Crippen molar-refractivity contribution < 1.29 is 35.7 Å². The van der Waals surface area contributed by atoms with Crippen molar-refractivity contribution in [2.75, 3.05) is 44.2 Å². The van der Waals surface area contributed by atoms with Crippen LogP contribution in [-0.2, 0) is 55.4 Å². The fourth-order valence-electron chi connectivity index (χ4n) is 8.42. The first-order valence-electron chi connectivity index (χ1n) is 17.3. The average Bonchev–Trinajstić information content (AvgIpc) is 3.09. The molecular weight excluding hydrogens is 679 g/mol. The van der Waals surface area contributed by atoms with E-state index in [4.69, 9.17) is 9.47 Å². The van der Waals surface area contributed by atoms with Gasteiger partial charge in [0.15, 0.2) is 0 Å². The Kier molecular flexibility index (Phi) is 8.17. The highest BCUT2D eigenvalue weighted by molar-refractivity contribution is 7.89. The molecule has 262 valence electrons. The molecule has 0 bridgehead atoms. The molecule has 0 atom stereocenters. The Bertz CT molecular complexity index is 2360. The van der Waals surface area contributed by atoms with Gasteiger partial charge in [-0.15, -0.1) is 0 Å². The van der Waals surface area contributed by atoms with Crippen molar-refractivity contribution in [3.05, 3.63) is 86.4 Å². The third kappa shape index (κ3) is 5.55. The molecule has 5 heterocycles. The Balaban J connectivity index is 1.35. The van der Waals surface area contributed by atoms with Crippen molar-refractivity contribution in [3.8, 4) is 11.5 Å². The predicted molar refractivity (Wildman–Crippen MR) is 188 cm³/mol. The molecule has 0 radical (unpaired) electrons. The lowest BCUT2D eigenvalue weighted by Gasteiger charge is -2.39. The zero-order valence-corrected chi connectivity index (χ0v) is 29.6. The number of esters is 1. The maximum Gasteiger partial charge on any atom is 0.333 e. The van der Waals surface area contributed by atoms with Crippen LogP contribution >= 0.6 is 0 Å². The van der Waals surface area contributed by atoms with E-state index in [1.165, 1.54) is 41.2 Å². The normalized spacial score (nSPS) is 17.6. The second-order valence-corrected chi connectivity index (χ2v) is 16.9. The van der Waals surface area contributed by atoms with Crippen LogP contribution in [0.25, 0.3) is 5.57 Å². The molecule has 5 aliphatic rings. The molecule has 0 unspecified atom stereocenters. The van der Waals surface area contributed by atoms with Crippen LogP contribution in [0.5, 0.6) is 11.5 Å². The summed E-state index contributed by atoms with van der Waals surface area (Å²) in [6.07, 6.45) is 7.38. The summed E-state index contributed by atoms with van der Waals surface area (Å²) in [6, 6.07) is 8.06. The summed E-state index contributed by atoms with van der Waals surface area (Å²) in [6.45, 7) is 8.42. The number of hydrogen-bond acceptors (Lipinski definition) is 8. The molecule has 0 saturated heterocycles. The smallest absolute Gasteiger partial charge is 0.333 e. The number of nitrogens with zero attached hydrogens (tertiary/aromatic N) is 2. The lowest BCUT2D eigenvalue weighted by Crippen LogP contribution is -2.45. The maximum absolute atomic E-state index is 13.4. The molecule has 50 heavy (non-hydrogen) atoms. The van der Waals surface area contributed by atoms with E-state index in [-0.39, 0.29) is 29.2 Å². The van der Waals surface area contributed by atoms with E-state index in [2.05, 4.69) is 32.9 Å². The molecule has 2 N–H and O–H groups in total. The molecule has 0 spiro atoms. The van der Waals surface area contributed by atoms with Crippen molar-refractivity contribution in [1.29, 1.82) is 0 Å². The quantitative estimate of drug-likeness (QED) is 0.0925. The highest BCUT2D eigenvalue weighted by atomic mass is 32.2. The van der Waals surface area contributed by atoms with E-state index in [9.17, 15) is 26.2 Å². The molecule has 0 aromatic heterocycles. The monoisotopic (exact) mass is 718 g/mol. The molecule has 3 aromatic rings. The Morgan fingerprint density at radius 3 is 2.42 bits per heavy atom. The molecule has 3 aromatic carbocycles. The summed E-state index contributed by atoms with van der Waals surface area (Å²) in [5, 5.41) is 1.97. The first-order chi connectivity index (χ1) is 23.9. The topological polar surface area (TPSA) is 142 Å². The second kappa shape index (κ2) is 12.3. The Labute approximate surface area is 291 Å². The Morgan fingerprint density at radius 1 is 0.940 bits per heavy atom. The van der Waals surface area contributed by atoms with Crippen LogP contribution in [0.3, 0.4) is 0 Å². The van der Waals surface area contributed by atoms with Crippen molar-refractivity contribution in [1.82, 2.24) is 9.30 Å². The predicted octanol–water partition coefficient (Wildman–Crippen LogP) is 2.77. The minimum Gasteiger partial charge on any atom is -0.461 e. The largest absolute Gasteiger partial charge is 0.461 e. The van der Waals surface area contributed by atoms with Crippen LogP contribution in [0.4, 0.5) is 5.69 Å². The number of carbonyl (C=O) groups is 1. The standard InChI is InChI=1S/C37H39N3O8S2/c1-22(2)37(41)47-18-13-38-49(42,43)25-11-12-26(31(21-25)50(44,45)46)32-29-19-23-7-3-14-39-16-5-9-27(33(23)39)35(29)48-36-28-10-6-17-40-15-4-8-24(34(28)40)20-30(32)36/h11-12,19-21,38H,1,3-10,13-18H2,2H3/p+1. The number of aryl methyl sites for hydroxylation is 2. The van der Waals surface area contributed by atoms with E-state index in [0.717, 1.165) is 106 Å². The number of nitrogens with one attached hydrogen (secondary N) is 1. The molecule has 11 nitrogen and oxygen atoms in total. The summed E-state index contributed by atoms with van der Waals surface area (Å²) in [5.41, 5.74) is 7.57. The van der Waals surface area contributed by atoms with Crippen LogP contribution in [0, 0.1) is 0 Å².